The molecule has 1 aliphatic heterocycles. The van der Waals surface area contributed by atoms with E-state index >= 15 is 0 Å². The molecule has 0 aromatic heterocycles. The Labute approximate surface area is 184 Å². The van der Waals surface area contributed by atoms with Crippen molar-refractivity contribution in [2.75, 3.05) is 25.1 Å². The average molecular weight is 436 g/mol. The van der Waals surface area contributed by atoms with Gasteiger partial charge < -0.3 is 19.5 Å². The van der Waals surface area contributed by atoms with Gasteiger partial charge in [-0.1, -0.05) is 48.5 Å². The largest absolute Gasteiger partial charge is 0.486 e. The fourth-order valence-corrected chi connectivity index (χ4v) is 4.09. The summed E-state index contributed by atoms with van der Waals surface area (Å²) in [5.74, 6) is 0.308. The molecule has 0 radical (unpaired) electrons. The van der Waals surface area contributed by atoms with E-state index in [9.17, 15) is 9.59 Å². The summed E-state index contributed by atoms with van der Waals surface area (Å²) in [6, 6.07) is 24.1. The molecular formula is C24H21NO5S. The van der Waals surface area contributed by atoms with E-state index in [4.69, 9.17) is 14.2 Å². The van der Waals surface area contributed by atoms with Gasteiger partial charge in [0.05, 0.1) is 0 Å². The molecule has 0 aliphatic carbocycles. The molecule has 0 spiro atoms. The first kappa shape index (κ1) is 20.8. The Balaban J connectivity index is 1.38. The summed E-state index contributed by atoms with van der Waals surface area (Å²) < 4.78 is 16.3. The second-order valence-electron chi connectivity index (χ2n) is 6.74. The van der Waals surface area contributed by atoms with Crippen molar-refractivity contribution < 1.29 is 23.8 Å². The maximum atomic E-state index is 12.8. The van der Waals surface area contributed by atoms with Crippen molar-refractivity contribution in [3.63, 3.8) is 0 Å². The Morgan fingerprint density at radius 3 is 2.32 bits per heavy atom. The van der Waals surface area contributed by atoms with Gasteiger partial charge in [0.1, 0.15) is 18.5 Å². The molecule has 1 N–H and O–H groups in total. The van der Waals surface area contributed by atoms with Crippen molar-refractivity contribution in [2.45, 2.75) is 10.1 Å². The minimum absolute atomic E-state index is 0.383. The lowest BCUT2D eigenvalue weighted by atomic mass is 10.1. The van der Waals surface area contributed by atoms with Crippen molar-refractivity contribution in [1.82, 2.24) is 0 Å². The van der Waals surface area contributed by atoms with Crippen LogP contribution >= 0.6 is 11.8 Å². The third-order valence-corrected chi connectivity index (χ3v) is 5.73. The first-order valence-electron chi connectivity index (χ1n) is 9.82. The zero-order chi connectivity index (χ0) is 21.5. The fraction of sp³-hybridized carbons (Fsp3) is 0.167. The zero-order valence-corrected chi connectivity index (χ0v) is 17.5. The minimum Gasteiger partial charge on any atom is -0.486 e. The minimum atomic E-state index is -0.578. The molecule has 1 atom stereocenters. The molecule has 1 heterocycles. The number of ether oxygens (including phenoxy) is 3. The van der Waals surface area contributed by atoms with Crippen LogP contribution in [0.4, 0.5) is 5.69 Å². The molecule has 158 valence electrons. The van der Waals surface area contributed by atoms with Gasteiger partial charge in [0.2, 0.25) is 0 Å². The second kappa shape index (κ2) is 10.0. The number of thioether (sulfide) groups is 1. The molecule has 0 fully saturated rings. The predicted molar refractivity (Wildman–Crippen MR) is 119 cm³/mol. The van der Waals surface area contributed by atoms with Crippen LogP contribution in [-0.2, 0) is 14.3 Å². The third kappa shape index (κ3) is 5.58. The highest BCUT2D eigenvalue weighted by atomic mass is 32.2. The molecule has 6 nitrogen and oxygen atoms in total. The van der Waals surface area contributed by atoms with Crippen LogP contribution in [0.2, 0.25) is 0 Å². The van der Waals surface area contributed by atoms with Gasteiger partial charge in [-0.25, -0.2) is 0 Å². The lowest BCUT2D eigenvalue weighted by Crippen LogP contribution is -2.23. The standard InChI is InChI=1S/C24H21NO5S/c26-22(25-18-11-12-20-21(15-18)29-14-13-28-20)16-30-24(27)23(17-7-3-1-4-8-17)31-19-9-5-2-6-10-19/h1-12,15,23H,13-14,16H2,(H,25,26)/t23-/m1/s1. The Morgan fingerprint density at radius 2 is 1.58 bits per heavy atom. The lowest BCUT2D eigenvalue weighted by Gasteiger charge is -2.19. The van der Waals surface area contributed by atoms with Gasteiger partial charge in [-0.3, -0.25) is 9.59 Å². The summed E-state index contributed by atoms with van der Waals surface area (Å²) in [5, 5.41) is 2.14. The van der Waals surface area contributed by atoms with Gasteiger partial charge in [0.15, 0.2) is 18.1 Å². The molecule has 31 heavy (non-hydrogen) atoms. The van der Waals surface area contributed by atoms with Gasteiger partial charge in [-0.05, 0) is 29.8 Å². The van der Waals surface area contributed by atoms with Crippen molar-refractivity contribution in [2.24, 2.45) is 0 Å². The van der Waals surface area contributed by atoms with E-state index in [1.807, 2.05) is 60.7 Å². The van der Waals surface area contributed by atoms with E-state index in [-0.39, 0.29) is 6.61 Å². The van der Waals surface area contributed by atoms with Crippen LogP contribution in [0.3, 0.4) is 0 Å². The third-order valence-electron chi connectivity index (χ3n) is 4.48. The zero-order valence-electron chi connectivity index (χ0n) is 16.7. The van der Waals surface area contributed by atoms with E-state index in [0.29, 0.717) is 30.4 Å². The highest BCUT2D eigenvalue weighted by molar-refractivity contribution is 8.00. The Bertz CT molecular complexity index is 1040. The number of hydrogen-bond donors (Lipinski definition) is 1. The van der Waals surface area contributed by atoms with Crippen molar-refractivity contribution >= 4 is 29.3 Å². The SMILES string of the molecule is O=C(COC(=O)[C@H](Sc1ccccc1)c1ccccc1)Nc1ccc2c(c1)OCCO2. The summed E-state index contributed by atoms with van der Waals surface area (Å²) in [4.78, 5) is 26.1. The number of fused-ring (bicyclic) bond motifs is 1. The normalized spacial score (nSPS) is 13.2. The second-order valence-corrected chi connectivity index (χ2v) is 7.91. The first-order valence-corrected chi connectivity index (χ1v) is 10.7. The molecule has 0 saturated heterocycles. The predicted octanol–water partition coefficient (Wildman–Crippen LogP) is 4.47. The summed E-state index contributed by atoms with van der Waals surface area (Å²) in [7, 11) is 0. The number of anilines is 1. The molecule has 4 rings (SSSR count). The van der Waals surface area contributed by atoms with Crippen molar-refractivity contribution in [1.29, 1.82) is 0 Å². The molecule has 1 amide bonds. The Morgan fingerprint density at radius 1 is 0.903 bits per heavy atom. The summed E-state index contributed by atoms with van der Waals surface area (Å²) in [6.45, 7) is 0.576. The van der Waals surface area contributed by atoms with Crippen LogP contribution in [0.1, 0.15) is 10.8 Å². The number of rotatable bonds is 7. The maximum Gasteiger partial charge on any atom is 0.324 e. The van der Waals surface area contributed by atoms with Gasteiger partial charge in [-0.2, -0.15) is 0 Å². The number of benzene rings is 3. The summed E-state index contributed by atoms with van der Waals surface area (Å²) in [5.41, 5.74) is 1.36. The van der Waals surface area contributed by atoms with E-state index in [1.54, 1.807) is 18.2 Å². The first-order chi connectivity index (χ1) is 15.2. The number of hydrogen-bond acceptors (Lipinski definition) is 6. The van der Waals surface area contributed by atoms with Crippen LogP contribution in [0.15, 0.2) is 83.8 Å². The van der Waals surface area contributed by atoms with Crippen molar-refractivity contribution in [3.8, 4) is 11.5 Å². The quantitative estimate of drug-likeness (QED) is 0.436. The average Bonchev–Trinajstić information content (AvgIpc) is 2.82. The number of amides is 1. The molecule has 7 heteroatoms. The molecule has 0 saturated carbocycles. The number of carbonyl (C=O) groups excluding carboxylic acids is 2. The number of carbonyl (C=O) groups is 2. The summed E-state index contributed by atoms with van der Waals surface area (Å²) in [6.07, 6.45) is 0. The van der Waals surface area contributed by atoms with Crippen LogP contribution in [0.25, 0.3) is 0 Å². The lowest BCUT2D eigenvalue weighted by molar-refractivity contribution is -0.146. The molecule has 0 bridgehead atoms. The van der Waals surface area contributed by atoms with Crippen LogP contribution in [0.5, 0.6) is 11.5 Å². The fourth-order valence-electron chi connectivity index (χ4n) is 3.05. The van der Waals surface area contributed by atoms with E-state index in [1.165, 1.54) is 11.8 Å². The maximum absolute atomic E-state index is 12.8. The summed E-state index contributed by atoms with van der Waals surface area (Å²) >= 11 is 1.38. The van der Waals surface area contributed by atoms with E-state index in [0.717, 1.165) is 10.5 Å². The molecule has 0 unspecified atom stereocenters. The van der Waals surface area contributed by atoms with Gasteiger partial charge in [0, 0.05) is 16.6 Å². The number of esters is 1. The van der Waals surface area contributed by atoms with Gasteiger partial charge in [0.25, 0.3) is 5.91 Å². The Hall–Kier alpha value is -3.45. The van der Waals surface area contributed by atoms with Crippen LogP contribution in [0, 0.1) is 0 Å². The van der Waals surface area contributed by atoms with Crippen molar-refractivity contribution in [3.05, 3.63) is 84.4 Å². The molecule has 1 aliphatic rings. The van der Waals surface area contributed by atoms with Crippen LogP contribution in [-0.4, -0.2) is 31.7 Å². The smallest absolute Gasteiger partial charge is 0.324 e. The molecular weight excluding hydrogens is 414 g/mol. The molecule has 3 aromatic carbocycles. The van der Waals surface area contributed by atoms with E-state index in [2.05, 4.69) is 5.32 Å². The van der Waals surface area contributed by atoms with E-state index < -0.39 is 17.1 Å². The highest BCUT2D eigenvalue weighted by Crippen LogP contribution is 2.36. The van der Waals surface area contributed by atoms with Gasteiger partial charge in [-0.15, -0.1) is 11.8 Å². The monoisotopic (exact) mass is 435 g/mol. The molecule has 3 aromatic rings. The highest BCUT2D eigenvalue weighted by Gasteiger charge is 2.24. The Kier molecular flexibility index (Phi) is 6.74. The topological polar surface area (TPSA) is 73.9 Å². The van der Waals surface area contributed by atoms with Gasteiger partial charge >= 0.3 is 5.97 Å². The van der Waals surface area contributed by atoms with Crippen LogP contribution < -0.4 is 14.8 Å². The number of nitrogens with one attached hydrogen (secondary N) is 1.